The molecular weight excluding hydrogens is 214 g/mol. The lowest BCUT2D eigenvalue weighted by atomic mass is 9.84. The van der Waals surface area contributed by atoms with Gasteiger partial charge < -0.3 is 14.7 Å². The minimum absolute atomic E-state index is 0.724. The third-order valence-corrected chi connectivity index (χ3v) is 3.74. The topological polar surface area (TPSA) is 32.7 Å². The van der Waals surface area contributed by atoms with E-state index in [1.165, 1.54) is 0 Å². The van der Waals surface area contributed by atoms with Gasteiger partial charge in [-0.05, 0) is 25.5 Å². The van der Waals surface area contributed by atoms with Crippen molar-refractivity contribution in [3.05, 3.63) is 29.8 Å². The number of para-hydroxylation sites is 1. The van der Waals surface area contributed by atoms with Gasteiger partial charge in [0.2, 0.25) is 0 Å². The summed E-state index contributed by atoms with van der Waals surface area (Å²) in [6, 6.07) is 7.79. The first-order chi connectivity index (χ1) is 8.19. The lowest BCUT2D eigenvalue weighted by molar-refractivity contribution is -0.0262. The Morgan fingerprint density at radius 3 is 2.53 bits per heavy atom. The van der Waals surface area contributed by atoms with E-state index < -0.39 is 5.60 Å². The van der Waals surface area contributed by atoms with Gasteiger partial charge in [0.25, 0.3) is 0 Å². The number of benzene rings is 1. The Morgan fingerprint density at radius 2 is 1.94 bits per heavy atom. The van der Waals surface area contributed by atoms with Crippen molar-refractivity contribution >= 4 is 0 Å². The maximum atomic E-state index is 10.8. The molecule has 3 heteroatoms. The summed E-state index contributed by atoms with van der Waals surface area (Å²) in [5.41, 5.74) is 0.205. The predicted octanol–water partition coefficient (Wildman–Crippen LogP) is 2.00. The molecule has 1 aliphatic rings. The molecule has 1 aliphatic heterocycles. The van der Waals surface area contributed by atoms with Gasteiger partial charge in [-0.2, -0.15) is 0 Å². The molecule has 0 spiro atoms. The molecule has 0 aromatic heterocycles. The maximum Gasteiger partial charge on any atom is 0.124 e. The molecule has 0 aliphatic carbocycles. The predicted molar refractivity (Wildman–Crippen MR) is 68.2 cm³/mol. The largest absolute Gasteiger partial charge is 0.496 e. The summed E-state index contributed by atoms with van der Waals surface area (Å²) in [7, 11) is 1.66. The summed E-state index contributed by atoms with van der Waals surface area (Å²) in [5.74, 6) is 0.792. The van der Waals surface area contributed by atoms with Crippen LogP contribution in [0.15, 0.2) is 24.3 Å². The van der Waals surface area contributed by atoms with Gasteiger partial charge in [0.1, 0.15) is 5.75 Å². The highest BCUT2D eigenvalue weighted by molar-refractivity contribution is 5.38. The molecule has 1 fully saturated rings. The fourth-order valence-electron chi connectivity index (χ4n) is 2.54. The fourth-order valence-corrected chi connectivity index (χ4v) is 2.54. The molecule has 0 saturated carbocycles. The van der Waals surface area contributed by atoms with E-state index in [0.29, 0.717) is 0 Å². The highest BCUT2D eigenvalue weighted by atomic mass is 16.5. The molecule has 0 bridgehead atoms. The van der Waals surface area contributed by atoms with Gasteiger partial charge in [-0.25, -0.2) is 0 Å². The zero-order chi connectivity index (χ0) is 12.3. The molecule has 0 unspecified atom stereocenters. The minimum atomic E-state index is -0.724. The Hall–Kier alpha value is -1.06. The molecule has 0 atom stereocenters. The number of ether oxygens (including phenoxy) is 1. The molecule has 3 nitrogen and oxygen atoms in total. The number of likely N-dealkylation sites (tertiary alicyclic amines) is 1. The SMILES string of the molecule is CCN1CCC(O)(c2ccccc2OC)CC1. The minimum Gasteiger partial charge on any atom is -0.496 e. The van der Waals surface area contributed by atoms with E-state index in [4.69, 9.17) is 4.74 Å². The molecule has 0 radical (unpaired) electrons. The lowest BCUT2D eigenvalue weighted by Gasteiger charge is -2.38. The van der Waals surface area contributed by atoms with E-state index in [2.05, 4.69) is 11.8 Å². The summed E-state index contributed by atoms with van der Waals surface area (Å²) >= 11 is 0. The monoisotopic (exact) mass is 235 g/mol. The standard InChI is InChI=1S/C14H21NO2/c1-3-15-10-8-14(16,9-11-15)12-6-4-5-7-13(12)17-2/h4-7,16H,3,8-11H2,1-2H3. The third kappa shape index (κ3) is 2.45. The first-order valence-electron chi connectivity index (χ1n) is 6.28. The number of hydrogen-bond acceptors (Lipinski definition) is 3. The van der Waals surface area contributed by atoms with Gasteiger partial charge in [-0.1, -0.05) is 25.1 Å². The fraction of sp³-hybridized carbons (Fsp3) is 0.571. The molecular formula is C14H21NO2. The Balaban J connectivity index is 2.21. The highest BCUT2D eigenvalue weighted by Crippen LogP contribution is 2.37. The van der Waals surface area contributed by atoms with Crippen LogP contribution in [0.25, 0.3) is 0 Å². The Morgan fingerprint density at radius 1 is 1.29 bits per heavy atom. The smallest absolute Gasteiger partial charge is 0.124 e. The van der Waals surface area contributed by atoms with Gasteiger partial charge >= 0.3 is 0 Å². The van der Waals surface area contributed by atoms with Crippen LogP contribution in [0, 0.1) is 0 Å². The number of hydrogen-bond donors (Lipinski definition) is 1. The molecule has 1 aromatic rings. The summed E-state index contributed by atoms with van der Waals surface area (Å²) in [6.45, 7) is 5.12. The van der Waals surface area contributed by atoms with E-state index >= 15 is 0 Å². The van der Waals surface area contributed by atoms with Crippen molar-refractivity contribution in [3.8, 4) is 5.75 Å². The van der Waals surface area contributed by atoms with E-state index in [1.54, 1.807) is 7.11 Å². The van der Waals surface area contributed by atoms with Gasteiger partial charge in [-0.15, -0.1) is 0 Å². The van der Waals surface area contributed by atoms with Crippen LogP contribution in [-0.2, 0) is 5.60 Å². The molecule has 1 N–H and O–H groups in total. The van der Waals surface area contributed by atoms with Crippen molar-refractivity contribution in [2.45, 2.75) is 25.4 Å². The van der Waals surface area contributed by atoms with E-state index in [0.717, 1.165) is 43.8 Å². The Kier molecular flexibility index (Phi) is 3.69. The first-order valence-corrected chi connectivity index (χ1v) is 6.28. The molecule has 2 rings (SSSR count). The normalized spacial score (nSPS) is 20.2. The van der Waals surface area contributed by atoms with Crippen molar-refractivity contribution in [3.63, 3.8) is 0 Å². The number of methoxy groups -OCH3 is 1. The van der Waals surface area contributed by atoms with Crippen molar-refractivity contribution < 1.29 is 9.84 Å². The number of piperidine rings is 1. The summed E-state index contributed by atoms with van der Waals surface area (Å²) in [4.78, 5) is 2.36. The highest BCUT2D eigenvalue weighted by Gasteiger charge is 2.35. The molecule has 94 valence electrons. The summed E-state index contributed by atoms with van der Waals surface area (Å²) in [6.07, 6.45) is 1.56. The first kappa shape index (κ1) is 12.4. The van der Waals surface area contributed by atoms with Crippen molar-refractivity contribution in [2.75, 3.05) is 26.7 Å². The van der Waals surface area contributed by atoms with Crippen molar-refractivity contribution in [1.29, 1.82) is 0 Å². The second kappa shape index (κ2) is 5.07. The van der Waals surface area contributed by atoms with Crippen molar-refractivity contribution in [1.82, 2.24) is 4.90 Å². The second-order valence-electron chi connectivity index (χ2n) is 4.67. The van der Waals surface area contributed by atoms with E-state index in [-0.39, 0.29) is 0 Å². The molecule has 0 amide bonds. The lowest BCUT2D eigenvalue weighted by Crippen LogP contribution is -2.42. The third-order valence-electron chi connectivity index (χ3n) is 3.74. The molecule has 17 heavy (non-hydrogen) atoms. The average molecular weight is 235 g/mol. The molecule has 1 saturated heterocycles. The van der Waals surface area contributed by atoms with Crippen LogP contribution in [0.1, 0.15) is 25.3 Å². The number of aliphatic hydroxyl groups is 1. The summed E-state index contributed by atoms with van der Waals surface area (Å²) in [5, 5.41) is 10.8. The average Bonchev–Trinajstić information content (AvgIpc) is 2.39. The number of rotatable bonds is 3. The van der Waals surface area contributed by atoms with Gasteiger partial charge in [0.15, 0.2) is 0 Å². The zero-order valence-corrected chi connectivity index (χ0v) is 10.6. The second-order valence-corrected chi connectivity index (χ2v) is 4.67. The van der Waals surface area contributed by atoms with Gasteiger partial charge in [0.05, 0.1) is 12.7 Å². The van der Waals surface area contributed by atoms with Crippen LogP contribution < -0.4 is 4.74 Å². The Labute approximate surface area is 103 Å². The van der Waals surface area contributed by atoms with Crippen molar-refractivity contribution in [2.24, 2.45) is 0 Å². The van der Waals surface area contributed by atoms with E-state index in [9.17, 15) is 5.11 Å². The number of nitrogens with zero attached hydrogens (tertiary/aromatic N) is 1. The van der Waals surface area contributed by atoms with Gasteiger partial charge in [0, 0.05) is 18.7 Å². The maximum absolute atomic E-state index is 10.8. The van der Waals surface area contributed by atoms with Crippen LogP contribution in [0.3, 0.4) is 0 Å². The van der Waals surface area contributed by atoms with Crippen LogP contribution in [-0.4, -0.2) is 36.8 Å². The van der Waals surface area contributed by atoms with Gasteiger partial charge in [-0.3, -0.25) is 0 Å². The van der Waals surface area contributed by atoms with E-state index in [1.807, 2.05) is 24.3 Å². The van der Waals surface area contributed by atoms with Crippen LogP contribution in [0.5, 0.6) is 5.75 Å². The van der Waals surface area contributed by atoms with Crippen LogP contribution >= 0.6 is 0 Å². The Bertz CT molecular complexity index is 370. The van der Waals surface area contributed by atoms with Crippen LogP contribution in [0.4, 0.5) is 0 Å². The summed E-state index contributed by atoms with van der Waals surface area (Å²) < 4.78 is 5.34. The van der Waals surface area contributed by atoms with Crippen LogP contribution in [0.2, 0.25) is 0 Å². The molecule has 1 heterocycles. The zero-order valence-electron chi connectivity index (χ0n) is 10.6. The molecule has 1 aromatic carbocycles. The quantitative estimate of drug-likeness (QED) is 0.869.